The van der Waals surface area contributed by atoms with Crippen LogP contribution in [0.2, 0.25) is 19.6 Å². The van der Waals surface area contributed by atoms with E-state index in [9.17, 15) is 0 Å². The SMILES string of the molecule is CC(C)Cc1cc(-c2[c-]cccc2)ncc1[Si](C)(C)C.CC(C)c1cc(-c2ccccc2)cc(C(C)C)c1-n1c(-c2[c-]ccc3nc(C(C)(C)C)sc23)nc2ccccc21.[Ir]. The first-order valence-electron chi connectivity index (χ1n) is 21.5. The minimum Gasteiger partial charge on any atom is -0.333 e. The van der Waals surface area contributed by atoms with Crippen LogP contribution in [0.1, 0.15) is 95.8 Å². The predicted octanol–water partition coefficient (Wildman–Crippen LogP) is 14.6. The van der Waals surface area contributed by atoms with Crippen LogP contribution < -0.4 is 5.19 Å². The van der Waals surface area contributed by atoms with Crippen molar-refractivity contribution in [2.45, 2.75) is 106 Å². The van der Waals surface area contributed by atoms with Gasteiger partial charge < -0.3 is 9.55 Å². The summed E-state index contributed by atoms with van der Waals surface area (Å²) in [6.07, 6.45) is 3.24. The van der Waals surface area contributed by atoms with Crippen LogP contribution in [0.3, 0.4) is 0 Å². The number of rotatable bonds is 9. The van der Waals surface area contributed by atoms with Crippen LogP contribution in [0.4, 0.5) is 0 Å². The van der Waals surface area contributed by atoms with Crippen LogP contribution in [-0.2, 0) is 31.9 Å². The van der Waals surface area contributed by atoms with Crippen molar-refractivity contribution in [1.82, 2.24) is 19.5 Å². The van der Waals surface area contributed by atoms with Crippen molar-refractivity contribution in [2.24, 2.45) is 5.92 Å². The molecule has 4 nitrogen and oxygen atoms in total. The van der Waals surface area contributed by atoms with Crippen LogP contribution in [0.15, 0.2) is 115 Å². The molecule has 0 saturated carbocycles. The molecule has 7 heteroatoms. The second kappa shape index (κ2) is 18.8. The number of fused-ring (bicyclic) bond motifs is 2. The molecule has 8 aromatic rings. The van der Waals surface area contributed by atoms with Gasteiger partial charge in [-0.25, -0.2) is 0 Å². The van der Waals surface area contributed by atoms with Crippen molar-refractivity contribution < 1.29 is 20.1 Å². The average molecular weight is 1020 g/mol. The molecular formula is C54H60IrN4SSi-2. The molecule has 0 spiro atoms. The first kappa shape index (κ1) is 46.0. The van der Waals surface area contributed by atoms with E-state index in [2.05, 4.69) is 195 Å². The fourth-order valence-electron chi connectivity index (χ4n) is 7.90. The maximum atomic E-state index is 5.27. The molecule has 0 amide bonds. The van der Waals surface area contributed by atoms with Gasteiger partial charge in [0.15, 0.2) is 0 Å². The maximum Gasteiger partial charge on any atom is 0.0881 e. The monoisotopic (exact) mass is 1020 g/mol. The summed E-state index contributed by atoms with van der Waals surface area (Å²) >= 11 is 1.76. The molecule has 1 radical (unpaired) electrons. The van der Waals surface area contributed by atoms with Crippen molar-refractivity contribution in [3.05, 3.63) is 149 Å². The molecule has 0 saturated heterocycles. The molecule has 3 aromatic heterocycles. The summed E-state index contributed by atoms with van der Waals surface area (Å²) in [6, 6.07) is 45.3. The smallest absolute Gasteiger partial charge is 0.0881 e. The van der Waals surface area contributed by atoms with Crippen molar-refractivity contribution in [3.8, 4) is 39.5 Å². The Bertz CT molecular complexity index is 2710. The Kier molecular flexibility index (Phi) is 14.2. The molecule has 0 unspecified atom stereocenters. The summed E-state index contributed by atoms with van der Waals surface area (Å²) in [5, 5.41) is 2.62. The van der Waals surface area contributed by atoms with Gasteiger partial charge in [-0.15, -0.1) is 54.1 Å². The van der Waals surface area contributed by atoms with Crippen LogP contribution in [0, 0.1) is 18.1 Å². The van der Waals surface area contributed by atoms with Gasteiger partial charge in [0, 0.05) is 37.4 Å². The number of aromatic nitrogens is 4. The van der Waals surface area contributed by atoms with E-state index in [-0.39, 0.29) is 25.5 Å². The van der Waals surface area contributed by atoms with Crippen LogP contribution >= 0.6 is 11.3 Å². The van der Waals surface area contributed by atoms with E-state index in [4.69, 9.17) is 9.97 Å². The van der Waals surface area contributed by atoms with Crippen LogP contribution in [0.5, 0.6) is 0 Å². The molecule has 0 bridgehead atoms. The van der Waals surface area contributed by atoms with E-state index in [1.807, 2.05) is 24.3 Å². The van der Waals surface area contributed by atoms with Gasteiger partial charge in [-0.1, -0.05) is 142 Å². The Labute approximate surface area is 383 Å². The standard InChI is InChI=1S/C36H36N3S.C18H24NSi.Ir/c1-22(2)27-20-25(24-14-9-8-10-15-24)21-28(23(3)4)32(27)39-31-19-12-11-17-29(31)37-34(39)26-16-13-18-30-33(26)40-35(38-30)36(5,6)7;1-14(2)11-16-12-17(15-9-7-6-8-10-15)19-13-18(16)20(3,4)5;/h8-15,17-23H,1-7H3;6-9,12-14H,11H2,1-5H3;/q2*-1;. The fourth-order valence-corrected chi connectivity index (χ4v) is 10.6. The first-order chi connectivity index (χ1) is 28.5. The third-order valence-electron chi connectivity index (χ3n) is 10.9. The third kappa shape index (κ3) is 10.1. The largest absolute Gasteiger partial charge is 0.333 e. The molecule has 8 rings (SSSR count). The van der Waals surface area contributed by atoms with Gasteiger partial charge in [-0.2, -0.15) is 11.3 Å². The number of hydrogen-bond acceptors (Lipinski definition) is 4. The number of thiazole rings is 1. The zero-order chi connectivity index (χ0) is 42.9. The molecule has 0 atom stereocenters. The Hall–Kier alpha value is -4.52. The Morgan fingerprint density at radius 1 is 0.705 bits per heavy atom. The summed E-state index contributed by atoms with van der Waals surface area (Å²) in [7, 11) is -1.34. The summed E-state index contributed by atoms with van der Waals surface area (Å²) in [5.74, 6) is 2.23. The number of para-hydroxylation sites is 2. The van der Waals surface area contributed by atoms with Crippen molar-refractivity contribution in [3.63, 3.8) is 0 Å². The topological polar surface area (TPSA) is 43.6 Å². The molecule has 5 aromatic carbocycles. The Morgan fingerprint density at radius 2 is 1.36 bits per heavy atom. The summed E-state index contributed by atoms with van der Waals surface area (Å²) in [4.78, 5) is 15.0. The van der Waals surface area contributed by atoms with Gasteiger partial charge >= 0.3 is 0 Å². The number of pyridine rings is 1. The van der Waals surface area contributed by atoms with E-state index in [1.54, 1.807) is 11.3 Å². The van der Waals surface area contributed by atoms with Crippen molar-refractivity contribution >= 4 is 45.8 Å². The summed E-state index contributed by atoms with van der Waals surface area (Å²) < 4.78 is 3.54. The maximum absolute atomic E-state index is 5.27. The molecule has 0 N–H and O–H groups in total. The molecule has 0 aliphatic heterocycles. The van der Waals surface area contributed by atoms with Gasteiger partial charge in [-0.05, 0) is 91.8 Å². The van der Waals surface area contributed by atoms with Gasteiger partial charge in [-0.3, -0.25) is 9.97 Å². The summed E-state index contributed by atoms with van der Waals surface area (Å²) in [5.41, 5.74) is 14.1. The van der Waals surface area contributed by atoms with Crippen molar-refractivity contribution in [1.29, 1.82) is 0 Å². The molecule has 317 valence electrons. The van der Waals surface area contributed by atoms with Crippen LogP contribution in [-0.4, -0.2) is 27.6 Å². The quantitative estimate of drug-likeness (QED) is 0.107. The minimum absolute atomic E-state index is 0. The molecule has 0 fully saturated rings. The summed E-state index contributed by atoms with van der Waals surface area (Å²) in [6.45, 7) is 27.6. The second-order valence-electron chi connectivity index (χ2n) is 19.1. The Balaban J connectivity index is 0.000000250. The number of benzene rings is 5. The van der Waals surface area contributed by atoms with Gasteiger partial charge in [0.2, 0.25) is 0 Å². The van der Waals surface area contributed by atoms with E-state index < -0.39 is 8.07 Å². The normalized spacial score (nSPS) is 12.0. The predicted molar refractivity (Wildman–Crippen MR) is 261 cm³/mol. The number of imidazole rings is 1. The zero-order valence-corrected chi connectivity index (χ0v) is 42.2. The van der Waals surface area contributed by atoms with E-state index in [1.165, 1.54) is 38.7 Å². The number of hydrogen-bond donors (Lipinski definition) is 0. The third-order valence-corrected chi connectivity index (χ3v) is 14.5. The van der Waals surface area contributed by atoms with Crippen LogP contribution in [0.25, 0.3) is 60.7 Å². The first-order valence-corrected chi connectivity index (χ1v) is 25.8. The van der Waals surface area contributed by atoms with E-state index >= 15 is 0 Å². The van der Waals surface area contributed by atoms with Gasteiger partial charge in [0.1, 0.15) is 0 Å². The minimum atomic E-state index is -1.34. The van der Waals surface area contributed by atoms with Crippen molar-refractivity contribution in [2.75, 3.05) is 0 Å². The Morgan fingerprint density at radius 3 is 1.97 bits per heavy atom. The van der Waals surface area contributed by atoms with E-state index in [0.29, 0.717) is 17.8 Å². The molecule has 3 heterocycles. The fraction of sp³-hybridized carbons (Fsp3) is 0.315. The zero-order valence-electron chi connectivity index (χ0n) is 37.9. The average Bonchev–Trinajstić information content (AvgIpc) is 3.83. The number of nitrogens with zero attached hydrogens (tertiary/aromatic N) is 4. The molecule has 61 heavy (non-hydrogen) atoms. The van der Waals surface area contributed by atoms with E-state index in [0.717, 1.165) is 55.3 Å². The second-order valence-corrected chi connectivity index (χ2v) is 25.2. The molecule has 0 aliphatic rings. The van der Waals surface area contributed by atoms with Gasteiger partial charge in [0.05, 0.1) is 29.9 Å². The molecular weight excluding hydrogens is 957 g/mol. The van der Waals surface area contributed by atoms with Gasteiger partial charge in [0.25, 0.3) is 0 Å². The molecule has 0 aliphatic carbocycles.